The number of nitrogen functional groups attached to an aromatic ring is 1. The van der Waals surface area contributed by atoms with Crippen molar-refractivity contribution in [2.45, 2.75) is 43.8 Å². The molecule has 3 atom stereocenters. The summed E-state index contributed by atoms with van der Waals surface area (Å²) in [6.07, 6.45) is -3.33. The molecule has 1 aliphatic heterocycles. The largest absolute Gasteiger partial charge is 0.436 e. The molecule has 1 fully saturated rings. The highest BCUT2D eigenvalue weighted by Gasteiger charge is 2.39. The van der Waals surface area contributed by atoms with E-state index in [0.717, 1.165) is 22.6 Å². The van der Waals surface area contributed by atoms with Gasteiger partial charge in [0.2, 0.25) is 10.0 Å². The normalized spacial score (nSPS) is 16.9. The second-order valence-electron chi connectivity index (χ2n) is 11.1. The summed E-state index contributed by atoms with van der Waals surface area (Å²) < 4.78 is 60.8. The third-order valence-corrected chi connectivity index (χ3v) is 9.06. The Hall–Kier alpha value is -3.87. The topological polar surface area (TPSA) is 130 Å². The number of sulfonamides is 1. The molecule has 0 bridgehead atoms. The van der Waals surface area contributed by atoms with Gasteiger partial charge in [-0.1, -0.05) is 44.2 Å². The number of carbonyl (C=O) groups is 2. The number of amides is 1. The van der Waals surface area contributed by atoms with Crippen molar-refractivity contribution >= 4 is 33.3 Å². The van der Waals surface area contributed by atoms with E-state index in [4.69, 9.17) is 10.5 Å². The fraction of sp³-hybridized carbons (Fsp3) is 0.355. The highest BCUT2D eigenvalue weighted by Crippen LogP contribution is 2.27. The molecular formula is C31H35F2N3O6S. The maximum atomic E-state index is 13.8. The monoisotopic (exact) mass is 615 g/mol. The number of anilines is 2. The summed E-state index contributed by atoms with van der Waals surface area (Å²) in [6, 6.07) is 17.8. The van der Waals surface area contributed by atoms with E-state index in [1.165, 1.54) is 34.6 Å². The van der Waals surface area contributed by atoms with Crippen LogP contribution in [0.1, 0.15) is 25.8 Å². The van der Waals surface area contributed by atoms with Gasteiger partial charge in [0.05, 0.1) is 23.2 Å². The Morgan fingerprint density at radius 1 is 1.05 bits per heavy atom. The molecule has 0 radical (unpaired) electrons. The number of halogens is 2. The van der Waals surface area contributed by atoms with Crippen molar-refractivity contribution in [2.24, 2.45) is 11.8 Å². The molecule has 3 aromatic carbocycles. The number of aliphatic hydroxyl groups excluding tert-OH is 1. The average Bonchev–Trinajstić information content (AvgIpc) is 3.36. The number of ether oxygens (including phenoxy) is 1. The molecule has 0 unspecified atom stereocenters. The van der Waals surface area contributed by atoms with Crippen LogP contribution in [-0.2, 0) is 26.0 Å². The third kappa shape index (κ3) is 7.95. The summed E-state index contributed by atoms with van der Waals surface area (Å²) in [4.78, 5) is 27.0. The Labute approximate surface area is 249 Å². The van der Waals surface area contributed by atoms with Gasteiger partial charge in [0.1, 0.15) is 0 Å². The van der Waals surface area contributed by atoms with Crippen molar-refractivity contribution in [3.63, 3.8) is 0 Å². The highest BCUT2D eigenvalue weighted by molar-refractivity contribution is 7.89. The quantitative estimate of drug-likeness (QED) is 0.273. The molecule has 0 spiro atoms. The second-order valence-corrected chi connectivity index (χ2v) is 13.0. The molecule has 0 aromatic heterocycles. The number of Topliss-reactive ketones (excluding diaryl/α,β-unsaturated/α-hetero) is 1. The first kappa shape index (κ1) is 32.1. The Morgan fingerprint density at radius 3 is 2.35 bits per heavy atom. The molecule has 0 saturated carbocycles. The molecule has 3 N–H and O–H groups in total. The molecule has 9 nitrogen and oxygen atoms in total. The van der Waals surface area contributed by atoms with E-state index in [1.807, 2.05) is 44.2 Å². The molecular weight excluding hydrogens is 580 g/mol. The van der Waals surface area contributed by atoms with E-state index >= 15 is 0 Å². The number of ketones is 1. The summed E-state index contributed by atoms with van der Waals surface area (Å²) in [6.45, 7) is 3.34. The highest BCUT2D eigenvalue weighted by atomic mass is 32.2. The van der Waals surface area contributed by atoms with Gasteiger partial charge < -0.3 is 15.6 Å². The number of cyclic esters (lactones) is 1. The number of nitrogens with zero attached hydrogens (tertiary/aromatic N) is 2. The number of carbonyl (C=O) groups excluding carboxylic acids is 2. The summed E-state index contributed by atoms with van der Waals surface area (Å²) >= 11 is 0. The van der Waals surface area contributed by atoms with Gasteiger partial charge in [-0.15, -0.1) is 0 Å². The lowest BCUT2D eigenvalue weighted by molar-refractivity contribution is -0.127. The fourth-order valence-corrected chi connectivity index (χ4v) is 6.59. The van der Waals surface area contributed by atoms with Crippen molar-refractivity contribution in [1.29, 1.82) is 0 Å². The van der Waals surface area contributed by atoms with Crippen molar-refractivity contribution < 1.29 is 36.6 Å². The zero-order valence-electron chi connectivity index (χ0n) is 23.9. The van der Waals surface area contributed by atoms with Gasteiger partial charge in [-0.25, -0.2) is 22.0 Å². The van der Waals surface area contributed by atoms with Gasteiger partial charge in [0, 0.05) is 31.3 Å². The maximum Gasteiger partial charge on any atom is 0.415 e. The number of aliphatic hydroxyl groups is 1. The minimum atomic E-state index is -4.01. The first-order valence-electron chi connectivity index (χ1n) is 13.9. The van der Waals surface area contributed by atoms with Crippen molar-refractivity contribution in [3.8, 4) is 0 Å². The molecule has 43 heavy (non-hydrogen) atoms. The van der Waals surface area contributed by atoms with Crippen LogP contribution in [0.3, 0.4) is 0 Å². The lowest BCUT2D eigenvalue weighted by Crippen LogP contribution is -2.43. The van der Waals surface area contributed by atoms with E-state index in [2.05, 4.69) is 0 Å². The van der Waals surface area contributed by atoms with E-state index in [9.17, 15) is 31.9 Å². The summed E-state index contributed by atoms with van der Waals surface area (Å²) in [5.74, 6) is -3.51. The smallest absolute Gasteiger partial charge is 0.415 e. The van der Waals surface area contributed by atoms with Gasteiger partial charge in [0.25, 0.3) is 0 Å². The van der Waals surface area contributed by atoms with Gasteiger partial charge in [-0.2, -0.15) is 4.31 Å². The molecule has 0 aliphatic carbocycles. The Kier molecular flexibility index (Phi) is 10.2. The van der Waals surface area contributed by atoms with Crippen LogP contribution in [0.25, 0.3) is 0 Å². The van der Waals surface area contributed by atoms with Crippen LogP contribution in [0.2, 0.25) is 0 Å². The number of rotatable bonds is 13. The van der Waals surface area contributed by atoms with Crippen LogP contribution in [-0.4, -0.2) is 61.5 Å². The van der Waals surface area contributed by atoms with Crippen LogP contribution >= 0.6 is 0 Å². The molecule has 4 rings (SSSR count). The first-order chi connectivity index (χ1) is 20.3. The minimum Gasteiger partial charge on any atom is -0.436 e. The Balaban J connectivity index is 1.55. The van der Waals surface area contributed by atoms with Crippen molar-refractivity contribution in [2.75, 3.05) is 30.3 Å². The van der Waals surface area contributed by atoms with Gasteiger partial charge >= 0.3 is 6.09 Å². The number of hydrogen-bond acceptors (Lipinski definition) is 7. The maximum absolute atomic E-state index is 13.8. The van der Waals surface area contributed by atoms with Crippen LogP contribution in [0.4, 0.5) is 25.0 Å². The zero-order valence-corrected chi connectivity index (χ0v) is 24.7. The minimum absolute atomic E-state index is 0.0282. The Morgan fingerprint density at radius 2 is 1.72 bits per heavy atom. The molecule has 1 heterocycles. The number of nitrogens with two attached hydrogens (primary N) is 1. The Bertz CT molecular complexity index is 1540. The molecule has 1 saturated heterocycles. The number of hydrogen-bond donors (Lipinski definition) is 2. The van der Waals surface area contributed by atoms with Crippen molar-refractivity contribution in [1.82, 2.24) is 4.31 Å². The standard InChI is InChI=1S/C31H35F2N3O6S/c1-20(2)17-35(43(40,41)25-11-8-23(34)9-12-25)18-29(38)22(14-21-6-4-3-5-7-21)15-28(37)30-19-36(31(39)42-30)24-10-13-26(32)27(33)16-24/h3-13,16,20,22,29-30,38H,14-15,17-19,34H2,1-2H3/t22-,29-,30+/m1/s1. The zero-order chi connectivity index (χ0) is 31.3. The van der Waals surface area contributed by atoms with E-state index in [0.29, 0.717) is 5.69 Å². The SMILES string of the molecule is CC(C)CN(C[C@@H](O)[C@@H](CC(=O)[C@@H]1CN(c2ccc(F)c(F)c2)C(=O)O1)Cc1ccccc1)S(=O)(=O)c1ccc(N)cc1. The van der Waals surface area contributed by atoms with Gasteiger partial charge in [-0.3, -0.25) is 9.69 Å². The first-order valence-corrected chi connectivity index (χ1v) is 15.3. The number of benzene rings is 3. The lowest BCUT2D eigenvalue weighted by atomic mass is 9.88. The van der Waals surface area contributed by atoms with Crippen LogP contribution < -0.4 is 10.6 Å². The second kappa shape index (κ2) is 13.6. The fourth-order valence-electron chi connectivity index (χ4n) is 4.97. The predicted molar refractivity (Wildman–Crippen MR) is 158 cm³/mol. The van der Waals surface area contributed by atoms with E-state index in [1.54, 1.807) is 0 Å². The molecule has 12 heteroatoms. The molecule has 1 aliphatic rings. The van der Waals surface area contributed by atoms with E-state index < -0.39 is 51.7 Å². The van der Waals surface area contributed by atoms with Crippen molar-refractivity contribution in [3.05, 3.63) is 90.0 Å². The summed E-state index contributed by atoms with van der Waals surface area (Å²) in [5, 5.41) is 11.5. The average molecular weight is 616 g/mol. The lowest BCUT2D eigenvalue weighted by Gasteiger charge is -2.30. The van der Waals surface area contributed by atoms with Crippen LogP contribution in [0, 0.1) is 23.5 Å². The third-order valence-electron chi connectivity index (χ3n) is 7.21. The molecule has 1 amide bonds. The van der Waals surface area contributed by atoms with Gasteiger partial charge in [0.15, 0.2) is 23.5 Å². The van der Waals surface area contributed by atoms with Crippen LogP contribution in [0.15, 0.2) is 77.7 Å². The molecule has 3 aromatic rings. The molecule has 230 valence electrons. The van der Waals surface area contributed by atoms with E-state index in [-0.39, 0.29) is 49.0 Å². The summed E-state index contributed by atoms with van der Waals surface area (Å²) in [7, 11) is -4.01. The van der Waals surface area contributed by atoms with Gasteiger partial charge in [-0.05, 0) is 60.2 Å². The summed E-state index contributed by atoms with van der Waals surface area (Å²) in [5.41, 5.74) is 7.01. The van der Waals surface area contributed by atoms with Crippen LogP contribution in [0.5, 0.6) is 0 Å². The predicted octanol–water partition coefficient (Wildman–Crippen LogP) is 4.40.